The Morgan fingerprint density at radius 1 is 1.71 bits per heavy atom. The van der Waals surface area contributed by atoms with Gasteiger partial charge in [0, 0.05) is 6.20 Å². The van der Waals surface area contributed by atoms with Crippen molar-refractivity contribution in [3.63, 3.8) is 0 Å². The molecule has 0 aromatic carbocycles. The molecule has 0 aliphatic carbocycles. The van der Waals surface area contributed by atoms with Crippen molar-refractivity contribution in [2.75, 3.05) is 5.32 Å². The number of pyridine rings is 1. The maximum atomic E-state index is 11.3. The maximum absolute atomic E-state index is 11.3. The first-order valence-electron chi connectivity index (χ1n) is 4.20. The number of nitrogens with one attached hydrogen (secondary N) is 1. The van der Waals surface area contributed by atoms with E-state index in [4.69, 9.17) is 17.3 Å². The Labute approximate surface area is 87.5 Å². The van der Waals surface area contributed by atoms with E-state index in [0.717, 1.165) is 5.56 Å². The van der Waals surface area contributed by atoms with Crippen LogP contribution in [0.2, 0.25) is 5.15 Å². The fraction of sp³-hybridized carbons (Fsp3) is 0.333. The Kier molecular flexibility index (Phi) is 3.43. The molecule has 1 rings (SSSR count). The number of aromatic nitrogens is 1. The minimum atomic E-state index is -0.564. The summed E-state index contributed by atoms with van der Waals surface area (Å²) in [5, 5.41) is 2.90. The largest absolute Gasteiger partial charge is 0.322 e. The number of rotatable bonds is 2. The molecule has 1 atom stereocenters. The SMILES string of the molecule is Cc1ccnc(Cl)c1NC(=O)C(C)N. The first-order chi connectivity index (χ1) is 6.52. The topological polar surface area (TPSA) is 68.0 Å². The van der Waals surface area contributed by atoms with Gasteiger partial charge in [-0.25, -0.2) is 4.98 Å². The molecule has 3 N–H and O–H groups in total. The van der Waals surface area contributed by atoms with Gasteiger partial charge in [-0.3, -0.25) is 4.79 Å². The lowest BCUT2D eigenvalue weighted by atomic mass is 10.2. The molecule has 0 spiro atoms. The van der Waals surface area contributed by atoms with Crippen LogP contribution in [0.4, 0.5) is 5.69 Å². The van der Waals surface area contributed by atoms with E-state index in [2.05, 4.69) is 10.3 Å². The lowest BCUT2D eigenvalue weighted by molar-refractivity contribution is -0.117. The second-order valence-corrected chi connectivity index (χ2v) is 3.43. The fourth-order valence-electron chi connectivity index (χ4n) is 0.912. The molecule has 0 saturated heterocycles. The number of amides is 1. The van der Waals surface area contributed by atoms with Crippen LogP contribution in [0.5, 0.6) is 0 Å². The van der Waals surface area contributed by atoms with Gasteiger partial charge in [0.05, 0.1) is 11.7 Å². The number of anilines is 1. The number of nitrogens with zero attached hydrogens (tertiary/aromatic N) is 1. The van der Waals surface area contributed by atoms with Crippen LogP contribution >= 0.6 is 11.6 Å². The number of carbonyl (C=O) groups is 1. The molecule has 5 heteroatoms. The Hall–Kier alpha value is -1.13. The Bertz CT molecular complexity index is 332. The van der Waals surface area contributed by atoms with E-state index < -0.39 is 6.04 Å². The molecule has 1 aromatic heterocycles. The Balaban J connectivity index is 2.91. The highest BCUT2D eigenvalue weighted by Crippen LogP contribution is 2.22. The zero-order chi connectivity index (χ0) is 10.7. The molecule has 4 nitrogen and oxygen atoms in total. The molecule has 0 bridgehead atoms. The first kappa shape index (κ1) is 10.9. The van der Waals surface area contributed by atoms with E-state index >= 15 is 0 Å². The summed E-state index contributed by atoms with van der Waals surface area (Å²) in [5.41, 5.74) is 6.79. The number of aryl methyl sites for hydroxylation is 1. The lowest BCUT2D eigenvalue weighted by Gasteiger charge is -2.10. The number of carbonyl (C=O) groups excluding carboxylic acids is 1. The second-order valence-electron chi connectivity index (χ2n) is 3.07. The van der Waals surface area contributed by atoms with Crippen LogP contribution in [0.15, 0.2) is 12.3 Å². The van der Waals surface area contributed by atoms with E-state index in [1.807, 2.05) is 6.92 Å². The van der Waals surface area contributed by atoms with Crippen LogP contribution in [0, 0.1) is 6.92 Å². The third-order valence-corrected chi connectivity index (χ3v) is 2.06. The van der Waals surface area contributed by atoms with Gasteiger partial charge in [-0.2, -0.15) is 0 Å². The van der Waals surface area contributed by atoms with Crippen molar-refractivity contribution < 1.29 is 4.79 Å². The van der Waals surface area contributed by atoms with Crippen LogP contribution < -0.4 is 11.1 Å². The van der Waals surface area contributed by atoms with Crippen molar-refractivity contribution in [1.29, 1.82) is 0 Å². The highest BCUT2D eigenvalue weighted by Gasteiger charge is 2.11. The molecule has 0 fully saturated rings. The third kappa shape index (κ3) is 2.43. The molecule has 0 aliphatic rings. The summed E-state index contributed by atoms with van der Waals surface area (Å²) in [6.45, 7) is 3.44. The van der Waals surface area contributed by atoms with Crippen molar-refractivity contribution >= 4 is 23.2 Å². The van der Waals surface area contributed by atoms with Gasteiger partial charge >= 0.3 is 0 Å². The first-order valence-corrected chi connectivity index (χ1v) is 4.57. The van der Waals surface area contributed by atoms with Gasteiger partial charge in [0.2, 0.25) is 5.91 Å². The van der Waals surface area contributed by atoms with Crippen molar-refractivity contribution in [2.45, 2.75) is 19.9 Å². The van der Waals surface area contributed by atoms with E-state index in [0.29, 0.717) is 5.69 Å². The molecule has 1 unspecified atom stereocenters. The zero-order valence-electron chi connectivity index (χ0n) is 8.04. The van der Waals surface area contributed by atoms with E-state index in [1.165, 1.54) is 0 Å². The summed E-state index contributed by atoms with van der Waals surface area (Å²) in [6.07, 6.45) is 1.58. The summed E-state index contributed by atoms with van der Waals surface area (Å²) < 4.78 is 0. The van der Waals surface area contributed by atoms with Gasteiger partial charge in [-0.1, -0.05) is 11.6 Å². The summed E-state index contributed by atoms with van der Waals surface area (Å²) in [4.78, 5) is 15.2. The van der Waals surface area contributed by atoms with Gasteiger partial charge in [-0.15, -0.1) is 0 Å². The molecule has 0 aliphatic heterocycles. The molecular formula is C9H12ClN3O. The average Bonchev–Trinajstić information content (AvgIpc) is 2.11. The maximum Gasteiger partial charge on any atom is 0.241 e. The number of hydrogen-bond acceptors (Lipinski definition) is 3. The number of hydrogen-bond donors (Lipinski definition) is 2. The van der Waals surface area contributed by atoms with E-state index in [9.17, 15) is 4.79 Å². The number of halogens is 1. The summed E-state index contributed by atoms with van der Waals surface area (Å²) in [6, 6.07) is 1.20. The average molecular weight is 214 g/mol. The van der Waals surface area contributed by atoms with Crippen LogP contribution in [0.3, 0.4) is 0 Å². The summed E-state index contributed by atoms with van der Waals surface area (Å²) in [7, 11) is 0. The lowest BCUT2D eigenvalue weighted by Crippen LogP contribution is -2.32. The summed E-state index contributed by atoms with van der Waals surface area (Å²) in [5.74, 6) is -0.275. The van der Waals surface area contributed by atoms with Crippen molar-refractivity contribution in [3.8, 4) is 0 Å². The smallest absolute Gasteiger partial charge is 0.241 e. The summed E-state index contributed by atoms with van der Waals surface area (Å²) >= 11 is 5.81. The van der Waals surface area contributed by atoms with Crippen molar-refractivity contribution in [1.82, 2.24) is 4.98 Å². The quantitative estimate of drug-likeness (QED) is 0.729. The molecule has 1 amide bonds. The molecule has 0 radical (unpaired) electrons. The van der Waals surface area contributed by atoms with Gasteiger partial charge in [-0.05, 0) is 25.5 Å². The van der Waals surface area contributed by atoms with Gasteiger partial charge in [0.25, 0.3) is 0 Å². The highest BCUT2D eigenvalue weighted by atomic mass is 35.5. The van der Waals surface area contributed by atoms with Gasteiger partial charge in [0.15, 0.2) is 5.15 Å². The Morgan fingerprint density at radius 2 is 2.36 bits per heavy atom. The minimum Gasteiger partial charge on any atom is -0.322 e. The normalized spacial score (nSPS) is 12.3. The number of nitrogens with two attached hydrogens (primary N) is 1. The predicted octanol–water partition coefficient (Wildman–Crippen LogP) is 1.33. The van der Waals surface area contributed by atoms with Crippen molar-refractivity contribution in [3.05, 3.63) is 23.0 Å². The predicted molar refractivity (Wildman–Crippen MR) is 56.3 cm³/mol. The molecule has 1 aromatic rings. The zero-order valence-corrected chi connectivity index (χ0v) is 8.80. The van der Waals surface area contributed by atoms with Gasteiger partial charge < -0.3 is 11.1 Å². The van der Waals surface area contributed by atoms with Crippen LogP contribution in [0.1, 0.15) is 12.5 Å². The van der Waals surface area contributed by atoms with Crippen LogP contribution in [0.25, 0.3) is 0 Å². The molecule has 0 saturated carbocycles. The van der Waals surface area contributed by atoms with Crippen LogP contribution in [-0.2, 0) is 4.79 Å². The highest BCUT2D eigenvalue weighted by molar-refractivity contribution is 6.32. The Morgan fingerprint density at radius 3 is 2.86 bits per heavy atom. The standard InChI is InChI=1S/C9H12ClN3O/c1-5-3-4-12-8(10)7(5)13-9(14)6(2)11/h3-4,6H,11H2,1-2H3,(H,13,14). The van der Waals surface area contributed by atoms with Crippen molar-refractivity contribution in [2.24, 2.45) is 5.73 Å². The second kappa shape index (κ2) is 4.39. The minimum absolute atomic E-state index is 0.275. The third-order valence-electron chi connectivity index (χ3n) is 1.77. The van der Waals surface area contributed by atoms with Gasteiger partial charge in [0.1, 0.15) is 0 Å². The fourth-order valence-corrected chi connectivity index (χ4v) is 1.16. The molecule has 76 valence electrons. The van der Waals surface area contributed by atoms with E-state index in [1.54, 1.807) is 19.2 Å². The van der Waals surface area contributed by atoms with E-state index in [-0.39, 0.29) is 11.1 Å². The molecule has 1 heterocycles. The van der Waals surface area contributed by atoms with Crippen LogP contribution in [-0.4, -0.2) is 16.9 Å². The molecular weight excluding hydrogens is 202 g/mol. The monoisotopic (exact) mass is 213 g/mol. The molecule has 14 heavy (non-hydrogen) atoms.